The predicted octanol–water partition coefficient (Wildman–Crippen LogP) is 0.537. The first-order valence-corrected chi connectivity index (χ1v) is 6.15. The Kier molecular flexibility index (Phi) is 3.99. The molecular formula is C13H17N3O3. The Balaban J connectivity index is 2.21. The highest BCUT2D eigenvalue weighted by Crippen LogP contribution is 2.16. The first-order valence-electron chi connectivity index (χ1n) is 6.15. The van der Waals surface area contributed by atoms with E-state index in [9.17, 15) is 9.59 Å². The normalized spacial score (nSPS) is 16.2. The molecule has 0 unspecified atom stereocenters. The summed E-state index contributed by atoms with van der Waals surface area (Å²) < 4.78 is 4.68. The van der Waals surface area contributed by atoms with Gasteiger partial charge in [0.2, 0.25) is 5.91 Å². The fourth-order valence-corrected chi connectivity index (χ4v) is 2.02. The van der Waals surface area contributed by atoms with Gasteiger partial charge in [0.25, 0.3) is 0 Å². The van der Waals surface area contributed by atoms with Crippen LogP contribution < -0.4 is 4.90 Å². The maximum absolute atomic E-state index is 11.8. The Morgan fingerprint density at radius 3 is 2.95 bits per heavy atom. The fourth-order valence-electron chi connectivity index (χ4n) is 2.02. The summed E-state index contributed by atoms with van der Waals surface area (Å²) in [5, 5.41) is 0. The van der Waals surface area contributed by atoms with Crippen LogP contribution in [0.15, 0.2) is 18.3 Å². The van der Waals surface area contributed by atoms with Crippen LogP contribution in [0.3, 0.4) is 0 Å². The molecule has 102 valence electrons. The number of carbonyl (C=O) groups is 2. The van der Waals surface area contributed by atoms with Gasteiger partial charge >= 0.3 is 5.97 Å². The van der Waals surface area contributed by atoms with Crippen molar-refractivity contribution in [1.82, 2.24) is 9.88 Å². The Morgan fingerprint density at radius 2 is 2.21 bits per heavy atom. The van der Waals surface area contributed by atoms with E-state index in [1.807, 2.05) is 4.90 Å². The summed E-state index contributed by atoms with van der Waals surface area (Å²) in [6.45, 7) is 1.77. The Morgan fingerprint density at radius 1 is 1.42 bits per heavy atom. The van der Waals surface area contributed by atoms with E-state index < -0.39 is 5.97 Å². The topological polar surface area (TPSA) is 62.7 Å². The highest BCUT2D eigenvalue weighted by Gasteiger charge is 2.20. The number of rotatable bonds is 2. The minimum Gasteiger partial charge on any atom is -0.465 e. The number of pyridine rings is 1. The molecule has 1 fully saturated rings. The number of likely N-dealkylation sites (N-methyl/N-ethyl adjacent to an activating group) is 1. The average molecular weight is 263 g/mol. The second-order valence-electron chi connectivity index (χ2n) is 4.48. The standard InChI is InChI=1S/C13H17N3O3/c1-15-6-3-7-16(9-12(15)17)11-8-10(4-5-14-11)13(18)19-2/h4-5,8H,3,6-7,9H2,1-2H3. The van der Waals surface area contributed by atoms with Gasteiger partial charge in [-0.1, -0.05) is 0 Å². The van der Waals surface area contributed by atoms with Gasteiger partial charge in [-0.15, -0.1) is 0 Å². The number of anilines is 1. The van der Waals surface area contributed by atoms with E-state index in [-0.39, 0.29) is 12.5 Å². The van der Waals surface area contributed by atoms with Gasteiger partial charge in [0, 0.05) is 26.3 Å². The maximum Gasteiger partial charge on any atom is 0.338 e. The van der Waals surface area contributed by atoms with Crippen LogP contribution in [0.4, 0.5) is 5.82 Å². The molecule has 0 radical (unpaired) electrons. The van der Waals surface area contributed by atoms with Crippen LogP contribution in [0.2, 0.25) is 0 Å². The van der Waals surface area contributed by atoms with Crippen molar-refractivity contribution < 1.29 is 14.3 Å². The van der Waals surface area contributed by atoms with Gasteiger partial charge in [0.05, 0.1) is 19.2 Å². The summed E-state index contributed by atoms with van der Waals surface area (Å²) in [4.78, 5) is 31.2. The second kappa shape index (κ2) is 5.69. The van der Waals surface area contributed by atoms with Crippen molar-refractivity contribution in [2.24, 2.45) is 0 Å². The van der Waals surface area contributed by atoms with Gasteiger partial charge in [-0.05, 0) is 18.6 Å². The predicted molar refractivity (Wildman–Crippen MR) is 70.0 cm³/mol. The zero-order valence-corrected chi connectivity index (χ0v) is 11.1. The zero-order valence-electron chi connectivity index (χ0n) is 11.1. The summed E-state index contributed by atoms with van der Waals surface area (Å²) in [5.41, 5.74) is 0.442. The largest absolute Gasteiger partial charge is 0.465 e. The van der Waals surface area contributed by atoms with Crippen LogP contribution in [0.25, 0.3) is 0 Å². The van der Waals surface area contributed by atoms with Gasteiger partial charge in [-0.3, -0.25) is 4.79 Å². The van der Waals surface area contributed by atoms with Crippen molar-refractivity contribution in [1.29, 1.82) is 0 Å². The van der Waals surface area contributed by atoms with E-state index in [0.29, 0.717) is 11.4 Å². The van der Waals surface area contributed by atoms with Gasteiger partial charge in [0.1, 0.15) is 5.82 Å². The van der Waals surface area contributed by atoms with Crippen molar-refractivity contribution in [3.63, 3.8) is 0 Å². The molecule has 1 saturated heterocycles. The first-order chi connectivity index (χ1) is 9.11. The number of hydrogen-bond acceptors (Lipinski definition) is 5. The number of methoxy groups -OCH3 is 1. The summed E-state index contributed by atoms with van der Waals surface area (Å²) in [6, 6.07) is 3.26. The van der Waals surface area contributed by atoms with Crippen LogP contribution in [0.5, 0.6) is 0 Å². The smallest absolute Gasteiger partial charge is 0.338 e. The molecule has 1 amide bonds. The molecule has 2 heterocycles. The third-order valence-corrected chi connectivity index (χ3v) is 3.16. The first kappa shape index (κ1) is 13.3. The quantitative estimate of drug-likeness (QED) is 0.729. The summed E-state index contributed by atoms with van der Waals surface area (Å²) in [7, 11) is 3.14. The van der Waals surface area contributed by atoms with Crippen LogP contribution in [0.1, 0.15) is 16.8 Å². The molecular weight excluding hydrogens is 246 g/mol. The van der Waals surface area contributed by atoms with Crippen molar-refractivity contribution in [3.05, 3.63) is 23.9 Å². The number of aromatic nitrogens is 1. The molecule has 6 nitrogen and oxygen atoms in total. The molecule has 6 heteroatoms. The molecule has 0 spiro atoms. The number of hydrogen-bond donors (Lipinski definition) is 0. The molecule has 1 aliphatic heterocycles. The van der Waals surface area contributed by atoms with Gasteiger partial charge in [0.15, 0.2) is 0 Å². The van der Waals surface area contributed by atoms with Gasteiger partial charge < -0.3 is 14.5 Å². The van der Waals surface area contributed by atoms with Crippen LogP contribution in [0, 0.1) is 0 Å². The molecule has 0 atom stereocenters. The number of ether oxygens (including phenoxy) is 1. The summed E-state index contributed by atoms with van der Waals surface area (Å²) >= 11 is 0. The van der Waals surface area contributed by atoms with E-state index in [0.717, 1.165) is 19.5 Å². The lowest BCUT2D eigenvalue weighted by molar-refractivity contribution is -0.127. The highest BCUT2D eigenvalue weighted by atomic mass is 16.5. The van der Waals surface area contributed by atoms with Gasteiger partial charge in [-0.2, -0.15) is 0 Å². The van der Waals surface area contributed by atoms with Crippen molar-refractivity contribution in [2.75, 3.05) is 38.7 Å². The molecule has 0 N–H and O–H groups in total. The second-order valence-corrected chi connectivity index (χ2v) is 4.48. The Bertz CT molecular complexity index is 490. The van der Waals surface area contributed by atoms with E-state index in [2.05, 4.69) is 9.72 Å². The van der Waals surface area contributed by atoms with Crippen molar-refractivity contribution >= 4 is 17.7 Å². The summed E-state index contributed by atoms with van der Waals surface area (Å²) in [6.07, 6.45) is 2.44. The van der Waals surface area contributed by atoms with Gasteiger partial charge in [-0.25, -0.2) is 9.78 Å². The molecule has 0 saturated carbocycles. The van der Waals surface area contributed by atoms with Crippen molar-refractivity contribution in [3.8, 4) is 0 Å². The van der Waals surface area contributed by atoms with Crippen LogP contribution in [-0.2, 0) is 9.53 Å². The minimum atomic E-state index is -0.401. The summed E-state index contributed by atoms with van der Waals surface area (Å²) in [5.74, 6) is 0.288. The number of amides is 1. The highest BCUT2D eigenvalue weighted by molar-refractivity contribution is 5.90. The molecule has 2 rings (SSSR count). The number of nitrogens with zero attached hydrogens (tertiary/aromatic N) is 3. The van der Waals surface area contributed by atoms with Crippen LogP contribution in [-0.4, -0.2) is 55.6 Å². The maximum atomic E-state index is 11.8. The van der Waals surface area contributed by atoms with E-state index >= 15 is 0 Å². The monoisotopic (exact) mass is 263 g/mol. The molecule has 0 aliphatic carbocycles. The molecule has 0 aromatic carbocycles. The van der Waals surface area contributed by atoms with Crippen molar-refractivity contribution in [2.45, 2.75) is 6.42 Å². The number of carbonyl (C=O) groups excluding carboxylic acids is 2. The third-order valence-electron chi connectivity index (χ3n) is 3.16. The molecule has 1 aromatic heterocycles. The van der Waals surface area contributed by atoms with Crippen LogP contribution >= 0.6 is 0 Å². The Hall–Kier alpha value is -2.11. The number of esters is 1. The lowest BCUT2D eigenvalue weighted by Gasteiger charge is -2.20. The SMILES string of the molecule is COC(=O)c1ccnc(N2CCCN(C)C(=O)C2)c1. The fraction of sp³-hybridized carbons (Fsp3) is 0.462. The molecule has 1 aromatic rings. The lowest BCUT2D eigenvalue weighted by atomic mass is 10.2. The van der Waals surface area contributed by atoms with E-state index in [1.165, 1.54) is 7.11 Å². The molecule has 19 heavy (non-hydrogen) atoms. The van der Waals surface area contributed by atoms with E-state index in [1.54, 1.807) is 30.3 Å². The average Bonchev–Trinajstić information content (AvgIpc) is 2.60. The molecule has 0 bridgehead atoms. The lowest BCUT2D eigenvalue weighted by Crippen LogP contribution is -2.34. The minimum absolute atomic E-state index is 0.0581. The molecule has 1 aliphatic rings. The Labute approximate surface area is 112 Å². The zero-order chi connectivity index (χ0) is 13.8. The third kappa shape index (κ3) is 3.01. The van der Waals surface area contributed by atoms with E-state index in [4.69, 9.17) is 0 Å².